The molecule has 2 saturated carbocycles. The van der Waals surface area contributed by atoms with Crippen molar-refractivity contribution in [2.24, 2.45) is 0 Å². The van der Waals surface area contributed by atoms with Gasteiger partial charge in [0.05, 0.1) is 5.52 Å². The number of carbonyl (C=O) groups is 1. The third-order valence-corrected chi connectivity index (χ3v) is 7.56. The van der Waals surface area contributed by atoms with Crippen LogP contribution in [-0.2, 0) is 0 Å². The molecule has 0 unspecified atom stereocenters. The molecule has 0 radical (unpaired) electrons. The fourth-order valence-corrected chi connectivity index (χ4v) is 4.93. The molecule has 5 aromatic rings. The molecule has 0 aliphatic heterocycles. The Kier molecular flexibility index (Phi) is 5.28. The van der Waals surface area contributed by atoms with E-state index >= 15 is 0 Å². The third kappa shape index (κ3) is 4.12. The molecule has 38 heavy (non-hydrogen) atoms. The Morgan fingerprint density at radius 3 is 2.63 bits per heavy atom. The predicted molar refractivity (Wildman–Crippen MR) is 146 cm³/mol. The van der Waals surface area contributed by atoms with E-state index in [9.17, 15) is 4.79 Å². The van der Waals surface area contributed by atoms with Crippen LogP contribution in [0.2, 0.25) is 0 Å². The molecule has 8 heteroatoms. The first-order chi connectivity index (χ1) is 18.5. The molecule has 0 atom stereocenters. The summed E-state index contributed by atoms with van der Waals surface area (Å²) in [6.07, 6.45) is 8.32. The molecule has 8 nitrogen and oxygen atoms in total. The van der Waals surface area contributed by atoms with Crippen molar-refractivity contribution in [2.75, 3.05) is 5.32 Å². The zero-order chi connectivity index (χ0) is 25.8. The van der Waals surface area contributed by atoms with Gasteiger partial charge in [0.25, 0.3) is 5.91 Å². The maximum Gasteiger partial charge on any atom is 0.275 e. The zero-order valence-corrected chi connectivity index (χ0v) is 21.3. The van der Waals surface area contributed by atoms with Gasteiger partial charge in [-0.15, -0.1) is 10.2 Å². The zero-order valence-electron chi connectivity index (χ0n) is 21.3. The molecular formula is C30H27N7O. The van der Waals surface area contributed by atoms with Crippen LogP contribution in [0, 0.1) is 13.8 Å². The van der Waals surface area contributed by atoms with Gasteiger partial charge in [-0.2, -0.15) is 0 Å². The van der Waals surface area contributed by atoms with E-state index in [4.69, 9.17) is 9.97 Å². The van der Waals surface area contributed by atoms with Gasteiger partial charge in [-0.05, 0) is 80.5 Å². The van der Waals surface area contributed by atoms with Crippen molar-refractivity contribution in [3.05, 3.63) is 83.6 Å². The van der Waals surface area contributed by atoms with E-state index in [0.717, 1.165) is 51.7 Å². The molecule has 1 N–H and O–H groups in total. The number of fused-ring (bicyclic) bond motifs is 1. The van der Waals surface area contributed by atoms with Crippen molar-refractivity contribution in [3.63, 3.8) is 0 Å². The average Bonchev–Trinajstić information content (AvgIpc) is 3.89. The number of hydrogen-bond donors (Lipinski definition) is 1. The summed E-state index contributed by atoms with van der Waals surface area (Å²) in [7, 11) is 0. The third-order valence-electron chi connectivity index (χ3n) is 7.56. The Morgan fingerprint density at radius 1 is 1.00 bits per heavy atom. The SMILES string of the molecule is Cc1ccc2c(-c3ccc(C4CC4)nc3)cc(C(=O)Nc3cccc(-c4nncn4C4CC4)n3)nc2c1C. The molecule has 4 heterocycles. The number of hydrogen-bond acceptors (Lipinski definition) is 6. The highest BCUT2D eigenvalue weighted by atomic mass is 16.1. The number of aromatic nitrogens is 6. The Labute approximate surface area is 220 Å². The van der Waals surface area contributed by atoms with E-state index in [1.807, 2.05) is 31.3 Å². The lowest BCUT2D eigenvalue weighted by atomic mass is 9.97. The number of rotatable bonds is 6. The van der Waals surface area contributed by atoms with Crippen LogP contribution in [0.1, 0.15) is 65.0 Å². The van der Waals surface area contributed by atoms with Gasteiger partial charge in [0.2, 0.25) is 0 Å². The molecule has 2 aliphatic carbocycles. The van der Waals surface area contributed by atoms with Gasteiger partial charge >= 0.3 is 0 Å². The lowest BCUT2D eigenvalue weighted by Crippen LogP contribution is -2.15. The molecule has 188 valence electrons. The highest BCUT2D eigenvalue weighted by molar-refractivity contribution is 6.07. The predicted octanol–water partition coefficient (Wildman–Crippen LogP) is 6.03. The lowest BCUT2D eigenvalue weighted by molar-refractivity contribution is 0.102. The number of anilines is 1. The largest absolute Gasteiger partial charge is 0.309 e. The number of carbonyl (C=O) groups excluding carboxylic acids is 1. The van der Waals surface area contributed by atoms with E-state index < -0.39 is 0 Å². The van der Waals surface area contributed by atoms with Crippen LogP contribution in [0.15, 0.2) is 61.1 Å². The van der Waals surface area contributed by atoms with E-state index in [1.165, 1.54) is 12.8 Å². The number of amides is 1. The summed E-state index contributed by atoms with van der Waals surface area (Å²) in [6, 6.07) is 16.2. The normalized spacial score (nSPS) is 15.1. The van der Waals surface area contributed by atoms with E-state index in [2.05, 4.69) is 56.3 Å². The van der Waals surface area contributed by atoms with Crippen molar-refractivity contribution in [2.45, 2.75) is 51.5 Å². The van der Waals surface area contributed by atoms with E-state index in [1.54, 1.807) is 12.4 Å². The second kappa shape index (κ2) is 8.83. The van der Waals surface area contributed by atoms with Crippen molar-refractivity contribution < 1.29 is 4.79 Å². The number of benzene rings is 1. The molecule has 1 amide bonds. The van der Waals surface area contributed by atoms with E-state index in [0.29, 0.717) is 35.0 Å². The molecule has 2 aliphatic rings. The van der Waals surface area contributed by atoms with Gasteiger partial charge in [0, 0.05) is 34.8 Å². The Morgan fingerprint density at radius 2 is 1.87 bits per heavy atom. The molecule has 1 aromatic carbocycles. The Bertz CT molecular complexity index is 1700. The van der Waals surface area contributed by atoms with Gasteiger partial charge in [-0.3, -0.25) is 9.78 Å². The van der Waals surface area contributed by atoms with E-state index in [-0.39, 0.29) is 5.91 Å². The summed E-state index contributed by atoms with van der Waals surface area (Å²) in [5.74, 6) is 1.43. The highest BCUT2D eigenvalue weighted by Crippen LogP contribution is 2.40. The number of nitrogens with one attached hydrogen (secondary N) is 1. The quantitative estimate of drug-likeness (QED) is 0.305. The summed E-state index contributed by atoms with van der Waals surface area (Å²) in [4.78, 5) is 27.7. The lowest BCUT2D eigenvalue weighted by Gasteiger charge is -2.13. The fraction of sp³-hybridized carbons (Fsp3) is 0.267. The average molecular weight is 502 g/mol. The topological polar surface area (TPSA) is 98.5 Å². The number of nitrogens with zero attached hydrogens (tertiary/aromatic N) is 6. The van der Waals surface area contributed by atoms with Gasteiger partial charge in [-0.1, -0.05) is 24.3 Å². The summed E-state index contributed by atoms with van der Waals surface area (Å²) >= 11 is 0. The minimum absolute atomic E-state index is 0.315. The number of pyridine rings is 3. The molecule has 0 spiro atoms. The first-order valence-corrected chi connectivity index (χ1v) is 13.1. The molecule has 7 rings (SSSR count). The summed E-state index contributed by atoms with van der Waals surface area (Å²) in [6.45, 7) is 4.11. The standard InChI is InChI=1S/C30H27N7O/c1-17-6-12-22-23(20-9-13-24(31-15-20)19-7-8-19)14-26(34-28(22)18(17)2)30(38)35-27-5-3-4-25(33-27)29-36-32-16-37(29)21-10-11-21/h3-6,9,12-16,19,21H,7-8,10-11H2,1-2H3,(H,33,35,38). The molecule has 0 saturated heterocycles. The number of aryl methyl sites for hydroxylation is 2. The maximum absolute atomic E-state index is 13.5. The van der Waals surface area contributed by atoms with Crippen LogP contribution in [-0.4, -0.2) is 35.6 Å². The van der Waals surface area contributed by atoms with Gasteiger partial charge in [0.1, 0.15) is 23.5 Å². The van der Waals surface area contributed by atoms with Gasteiger partial charge in [0.15, 0.2) is 5.82 Å². The maximum atomic E-state index is 13.5. The van der Waals surface area contributed by atoms with Crippen LogP contribution >= 0.6 is 0 Å². The van der Waals surface area contributed by atoms with Crippen LogP contribution < -0.4 is 5.32 Å². The van der Waals surface area contributed by atoms with Gasteiger partial charge < -0.3 is 9.88 Å². The highest BCUT2D eigenvalue weighted by Gasteiger charge is 2.27. The van der Waals surface area contributed by atoms with Crippen LogP contribution in [0.4, 0.5) is 5.82 Å². The van der Waals surface area contributed by atoms with Crippen molar-refractivity contribution >= 4 is 22.6 Å². The van der Waals surface area contributed by atoms with Crippen LogP contribution in [0.3, 0.4) is 0 Å². The van der Waals surface area contributed by atoms with Gasteiger partial charge in [-0.25, -0.2) is 9.97 Å². The molecule has 2 fully saturated rings. The molecule has 4 aromatic heterocycles. The Balaban J connectivity index is 1.25. The fourth-order valence-electron chi connectivity index (χ4n) is 4.93. The molecule has 0 bridgehead atoms. The smallest absolute Gasteiger partial charge is 0.275 e. The Hall–Kier alpha value is -4.46. The van der Waals surface area contributed by atoms with Crippen molar-refractivity contribution in [1.82, 2.24) is 29.7 Å². The second-order valence-electron chi connectivity index (χ2n) is 10.4. The van der Waals surface area contributed by atoms with Crippen LogP contribution in [0.5, 0.6) is 0 Å². The van der Waals surface area contributed by atoms with Crippen molar-refractivity contribution in [1.29, 1.82) is 0 Å². The summed E-state index contributed by atoms with van der Waals surface area (Å²) in [5, 5.41) is 12.3. The second-order valence-corrected chi connectivity index (χ2v) is 10.4. The first-order valence-electron chi connectivity index (χ1n) is 13.1. The minimum atomic E-state index is -0.315. The summed E-state index contributed by atoms with van der Waals surface area (Å²) < 4.78 is 2.05. The monoisotopic (exact) mass is 501 g/mol. The minimum Gasteiger partial charge on any atom is -0.309 e. The molecular weight excluding hydrogens is 474 g/mol. The van der Waals surface area contributed by atoms with Crippen LogP contribution in [0.25, 0.3) is 33.5 Å². The van der Waals surface area contributed by atoms with Crippen molar-refractivity contribution in [3.8, 4) is 22.6 Å². The summed E-state index contributed by atoms with van der Waals surface area (Å²) in [5.41, 5.74) is 7.06. The first kappa shape index (κ1) is 22.7.